The third-order valence-electron chi connectivity index (χ3n) is 17.1. The normalized spacial score (nSPS) is 13.7. The second kappa shape index (κ2) is 21.9. The zero-order valence-electron chi connectivity index (χ0n) is 51.1. The van der Waals surface area contributed by atoms with Crippen molar-refractivity contribution >= 4 is 33.2 Å². The van der Waals surface area contributed by atoms with Crippen LogP contribution >= 0.6 is 0 Å². The SMILES string of the molecule is CC(C)(C)c1cc(Oc2[c-]c3c(c(C(C)(C)C)c2)c2ccccc2n3-c2cc(C(C)(C)c3ccccc3)ccn2)[c-]c(N2[CH-]N(c3cc(-c4ccccc4)cc(C(C)(C)C)c3)C(C(C)(C)c3ccccc3)=C2C(C)(C)c2ccccc2)c1.[Pt]. The van der Waals surface area contributed by atoms with Crippen molar-refractivity contribution in [1.29, 1.82) is 0 Å². The first-order valence-corrected chi connectivity index (χ1v) is 29.1. The Morgan fingerprint density at radius 3 is 1.49 bits per heavy atom. The summed E-state index contributed by atoms with van der Waals surface area (Å²) in [7, 11) is 0. The van der Waals surface area contributed by atoms with E-state index in [0.717, 1.165) is 55.8 Å². The van der Waals surface area contributed by atoms with Gasteiger partial charge >= 0.3 is 0 Å². The van der Waals surface area contributed by atoms with Crippen LogP contribution in [0.5, 0.6) is 11.5 Å². The zero-order chi connectivity index (χ0) is 58.1. The molecule has 6 heteroatoms. The molecule has 2 aromatic heterocycles. The van der Waals surface area contributed by atoms with Gasteiger partial charge in [0.1, 0.15) is 5.82 Å². The summed E-state index contributed by atoms with van der Waals surface area (Å²) in [6.45, 7) is 37.0. The fourth-order valence-corrected chi connectivity index (χ4v) is 12.1. The molecule has 0 saturated carbocycles. The molecule has 0 bridgehead atoms. The molecule has 0 unspecified atom stereocenters. The largest absolute Gasteiger partial charge is 0.509 e. The number of anilines is 2. The maximum atomic E-state index is 7.36. The van der Waals surface area contributed by atoms with Gasteiger partial charge in [-0.05, 0) is 90.9 Å². The van der Waals surface area contributed by atoms with Crippen LogP contribution in [0.2, 0.25) is 0 Å². The molecule has 10 aromatic rings. The van der Waals surface area contributed by atoms with Gasteiger partial charge in [-0.1, -0.05) is 260 Å². The van der Waals surface area contributed by atoms with Gasteiger partial charge < -0.3 is 19.1 Å². The first-order chi connectivity index (χ1) is 38.8. The van der Waals surface area contributed by atoms with Crippen LogP contribution in [0.4, 0.5) is 11.4 Å². The molecule has 0 aliphatic carbocycles. The molecule has 3 heterocycles. The fourth-order valence-electron chi connectivity index (χ4n) is 12.1. The molecular weight excluding hydrogens is 1190 g/mol. The van der Waals surface area contributed by atoms with Crippen molar-refractivity contribution in [2.24, 2.45) is 0 Å². The molecule has 8 aromatic carbocycles. The molecule has 1 aliphatic heterocycles. The van der Waals surface area contributed by atoms with Gasteiger partial charge in [0.25, 0.3) is 0 Å². The molecule has 1 aliphatic rings. The molecule has 0 N–H and O–H groups in total. The van der Waals surface area contributed by atoms with Gasteiger partial charge in [-0.25, -0.2) is 4.98 Å². The molecular formula is C77H79N4OPt-3. The van der Waals surface area contributed by atoms with Crippen molar-refractivity contribution in [3.05, 3.63) is 269 Å². The van der Waals surface area contributed by atoms with Gasteiger partial charge in [0, 0.05) is 77.6 Å². The van der Waals surface area contributed by atoms with Crippen LogP contribution in [0, 0.1) is 18.8 Å². The monoisotopic (exact) mass is 1270 g/mol. The van der Waals surface area contributed by atoms with E-state index in [1.165, 1.54) is 44.6 Å². The van der Waals surface area contributed by atoms with Crippen molar-refractivity contribution < 1.29 is 25.8 Å². The van der Waals surface area contributed by atoms with E-state index in [-0.39, 0.29) is 42.7 Å². The van der Waals surface area contributed by atoms with E-state index < -0.39 is 10.8 Å². The Labute approximate surface area is 509 Å². The summed E-state index contributed by atoms with van der Waals surface area (Å²) in [6, 6.07) is 78.3. The van der Waals surface area contributed by atoms with Crippen molar-refractivity contribution in [2.45, 2.75) is 136 Å². The van der Waals surface area contributed by atoms with Gasteiger partial charge in [0.05, 0.1) is 0 Å². The van der Waals surface area contributed by atoms with E-state index in [1.54, 1.807) is 0 Å². The van der Waals surface area contributed by atoms with Crippen molar-refractivity contribution in [1.82, 2.24) is 9.55 Å². The number of allylic oxidation sites excluding steroid dienone is 2. The van der Waals surface area contributed by atoms with Crippen LogP contribution in [0.25, 0.3) is 38.8 Å². The van der Waals surface area contributed by atoms with E-state index >= 15 is 0 Å². The summed E-state index contributed by atoms with van der Waals surface area (Å²) in [6.07, 6.45) is 1.95. The van der Waals surface area contributed by atoms with Gasteiger partial charge in [0.2, 0.25) is 0 Å². The third-order valence-corrected chi connectivity index (χ3v) is 17.1. The summed E-state index contributed by atoms with van der Waals surface area (Å²) in [4.78, 5) is 10.0. The summed E-state index contributed by atoms with van der Waals surface area (Å²) in [5.74, 6) is 2.05. The van der Waals surface area contributed by atoms with E-state index in [9.17, 15) is 0 Å². The second-order valence-electron chi connectivity index (χ2n) is 27.2. The van der Waals surface area contributed by atoms with Crippen LogP contribution in [-0.2, 0) is 53.6 Å². The van der Waals surface area contributed by atoms with Crippen LogP contribution in [0.1, 0.15) is 143 Å². The second-order valence-corrected chi connectivity index (χ2v) is 27.2. The predicted octanol–water partition coefficient (Wildman–Crippen LogP) is 20.1. The summed E-state index contributed by atoms with van der Waals surface area (Å²) in [5.41, 5.74) is 15.1. The Morgan fingerprint density at radius 2 is 0.928 bits per heavy atom. The number of nitrogens with zero attached hydrogens (tertiary/aromatic N) is 4. The number of benzene rings is 8. The first-order valence-electron chi connectivity index (χ1n) is 29.1. The van der Waals surface area contributed by atoms with E-state index in [2.05, 4.69) is 331 Å². The van der Waals surface area contributed by atoms with Gasteiger partial charge in [0.15, 0.2) is 0 Å². The average molecular weight is 1270 g/mol. The molecule has 0 fully saturated rings. The third kappa shape index (κ3) is 11.2. The first kappa shape index (κ1) is 58.7. The Balaban J connectivity index is 0.00000769. The molecule has 0 radical (unpaired) electrons. The fraction of sp³-hybridized carbons (Fsp3) is 0.273. The smallest absolute Gasteiger partial charge is 0.135 e. The molecule has 426 valence electrons. The average Bonchev–Trinajstić information content (AvgIpc) is 3.01. The van der Waals surface area contributed by atoms with Crippen LogP contribution in [0.15, 0.2) is 212 Å². The predicted molar refractivity (Wildman–Crippen MR) is 345 cm³/mol. The van der Waals surface area contributed by atoms with E-state index in [0.29, 0.717) is 11.5 Å². The molecule has 0 amide bonds. The van der Waals surface area contributed by atoms with Gasteiger partial charge in [-0.2, -0.15) is 0 Å². The number of fused-ring (bicyclic) bond motifs is 3. The minimum Gasteiger partial charge on any atom is -0.509 e. The maximum Gasteiger partial charge on any atom is 0.135 e. The standard InChI is InChI=1S/C77H79N4O.Pt/c1-72(2,3)58-42-53(52-30-20-16-21-31-52)43-60(44-58)79-51-80(71(77(14,15)56-36-26-19-27-37-56)70(79)76(12,13)55-34-24-18-25-35-55)61-45-59(73(4,5)6)46-62(48-61)82-63-49-65(74(7,8)9)69-64-38-28-29-39-66(64)81(67(69)50-63)68-47-57(40-41-78-68)75(10,11)54-32-22-17-23-33-54;/h16-47,49,51H,1-15H3;/q-3;. The number of ether oxygens (including phenoxy) is 1. The quantitative estimate of drug-likeness (QED) is 0.114. The van der Waals surface area contributed by atoms with Crippen molar-refractivity contribution in [3.8, 4) is 28.4 Å². The number of aromatic nitrogens is 2. The van der Waals surface area contributed by atoms with Gasteiger partial charge in [-0.15, -0.1) is 53.8 Å². The Hall–Kier alpha value is -7.46. The maximum absolute atomic E-state index is 7.36. The van der Waals surface area contributed by atoms with Crippen molar-refractivity contribution in [3.63, 3.8) is 0 Å². The molecule has 0 spiro atoms. The summed E-state index contributed by atoms with van der Waals surface area (Å²) >= 11 is 0. The molecule has 0 saturated heterocycles. The number of para-hydroxylation sites is 1. The van der Waals surface area contributed by atoms with Gasteiger partial charge in [-0.3, -0.25) is 0 Å². The number of pyridine rings is 1. The molecule has 5 nitrogen and oxygen atoms in total. The van der Waals surface area contributed by atoms with Crippen LogP contribution < -0.4 is 14.5 Å². The van der Waals surface area contributed by atoms with E-state index in [4.69, 9.17) is 9.72 Å². The van der Waals surface area contributed by atoms with Crippen LogP contribution in [-0.4, -0.2) is 9.55 Å². The molecule has 0 atom stereocenters. The number of hydrogen-bond donors (Lipinski definition) is 0. The Bertz CT molecular complexity index is 4000. The minimum atomic E-state index is -0.528. The molecule has 11 rings (SSSR count). The Morgan fingerprint density at radius 1 is 0.422 bits per heavy atom. The Kier molecular flexibility index (Phi) is 15.5. The van der Waals surface area contributed by atoms with E-state index in [1.807, 2.05) is 6.20 Å². The summed E-state index contributed by atoms with van der Waals surface area (Å²) < 4.78 is 9.64. The topological polar surface area (TPSA) is 33.5 Å². The number of hydrogen-bond acceptors (Lipinski definition) is 4. The number of rotatable bonds is 12. The van der Waals surface area contributed by atoms with Crippen molar-refractivity contribution in [2.75, 3.05) is 9.80 Å². The molecule has 83 heavy (non-hydrogen) atoms. The summed E-state index contributed by atoms with van der Waals surface area (Å²) in [5, 5.41) is 2.29. The minimum absolute atomic E-state index is 0. The van der Waals surface area contributed by atoms with Crippen LogP contribution in [0.3, 0.4) is 0 Å². The zero-order valence-corrected chi connectivity index (χ0v) is 53.4.